The highest BCUT2D eigenvalue weighted by Gasteiger charge is 2.28. The van der Waals surface area contributed by atoms with Crippen LogP contribution in [0.3, 0.4) is 0 Å². The molecular weight excluding hydrogens is 266 g/mol. The van der Waals surface area contributed by atoms with E-state index in [-0.39, 0.29) is 5.91 Å². The lowest BCUT2D eigenvalue weighted by Crippen LogP contribution is -2.47. The average Bonchev–Trinajstić information content (AvgIpc) is 2.40. The molecule has 0 radical (unpaired) electrons. The number of carbonyl (C=O) groups excluding carboxylic acids is 2. The van der Waals surface area contributed by atoms with E-state index >= 15 is 0 Å². The summed E-state index contributed by atoms with van der Waals surface area (Å²) in [5.74, 6) is -0.590. The number of carbonyl (C=O) groups is 2. The lowest BCUT2D eigenvalue weighted by Gasteiger charge is -2.23. The zero-order chi connectivity index (χ0) is 16.2. The van der Waals surface area contributed by atoms with Crippen molar-refractivity contribution in [2.45, 2.75) is 47.1 Å². The van der Waals surface area contributed by atoms with E-state index in [1.165, 1.54) is 18.2 Å². The molecule has 0 fully saturated rings. The zero-order valence-electron chi connectivity index (χ0n) is 13.7. The second-order valence-corrected chi connectivity index (χ2v) is 6.42. The highest BCUT2D eigenvalue weighted by molar-refractivity contribution is 5.87. The maximum Gasteiger partial charge on any atom is 0.328 e. The topological polar surface area (TPSA) is 55.4 Å². The van der Waals surface area contributed by atoms with Crippen molar-refractivity contribution in [3.63, 3.8) is 0 Å². The van der Waals surface area contributed by atoms with Crippen molar-refractivity contribution < 1.29 is 14.3 Å². The maximum absolute atomic E-state index is 12.1. The van der Waals surface area contributed by atoms with Gasteiger partial charge in [0.1, 0.15) is 6.04 Å². The van der Waals surface area contributed by atoms with Crippen LogP contribution in [0.2, 0.25) is 0 Å². The number of rotatable bonds is 4. The summed E-state index contributed by atoms with van der Waals surface area (Å²) in [6.45, 7) is 9.50. The van der Waals surface area contributed by atoms with Gasteiger partial charge in [0.05, 0.1) is 7.11 Å². The molecule has 1 atom stereocenters. The number of benzene rings is 1. The van der Waals surface area contributed by atoms with Gasteiger partial charge >= 0.3 is 5.97 Å². The molecule has 0 aliphatic heterocycles. The quantitative estimate of drug-likeness (QED) is 0.867. The molecule has 0 saturated heterocycles. The third-order valence-electron chi connectivity index (χ3n) is 3.48. The maximum atomic E-state index is 12.1. The molecule has 1 rings (SSSR count). The van der Waals surface area contributed by atoms with Gasteiger partial charge < -0.3 is 10.1 Å². The minimum atomic E-state index is -0.663. The first-order valence-electron chi connectivity index (χ1n) is 7.10. The van der Waals surface area contributed by atoms with Gasteiger partial charge in [-0.3, -0.25) is 4.79 Å². The van der Waals surface area contributed by atoms with E-state index in [0.717, 1.165) is 5.56 Å². The number of ether oxygens (including phenoxy) is 1. The minimum Gasteiger partial charge on any atom is -0.467 e. The molecule has 0 bridgehead atoms. The van der Waals surface area contributed by atoms with Crippen LogP contribution in [0.4, 0.5) is 0 Å². The lowest BCUT2D eigenvalue weighted by molar-refractivity contribution is -0.146. The standard InChI is InChI=1S/C17H25NO3/c1-11-7-8-13(9-12(11)2)10-14(15(19)21-6)18-16(20)17(3,4)5/h7-9,14H,10H2,1-6H3,(H,18,20)/t14-/m1/s1. The predicted octanol–water partition coefficient (Wildman–Crippen LogP) is 2.55. The first-order chi connectivity index (χ1) is 9.65. The lowest BCUT2D eigenvalue weighted by atomic mass is 9.94. The Morgan fingerprint density at radius 3 is 2.29 bits per heavy atom. The Kier molecular flexibility index (Phi) is 5.53. The van der Waals surface area contributed by atoms with Crippen LogP contribution < -0.4 is 5.32 Å². The SMILES string of the molecule is COC(=O)[C@@H](Cc1ccc(C)c(C)c1)NC(=O)C(C)(C)C. The van der Waals surface area contributed by atoms with Gasteiger partial charge in [0.2, 0.25) is 5.91 Å². The van der Waals surface area contributed by atoms with Crippen molar-refractivity contribution in [3.8, 4) is 0 Å². The van der Waals surface area contributed by atoms with Gasteiger partial charge in [0, 0.05) is 11.8 Å². The number of amides is 1. The second-order valence-electron chi connectivity index (χ2n) is 6.42. The number of aryl methyl sites for hydroxylation is 2. The first-order valence-corrected chi connectivity index (χ1v) is 7.10. The molecule has 0 heterocycles. The van der Waals surface area contributed by atoms with E-state index < -0.39 is 17.4 Å². The van der Waals surface area contributed by atoms with Crippen molar-refractivity contribution in [2.24, 2.45) is 5.41 Å². The smallest absolute Gasteiger partial charge is 0.328 e. The molecule has 0 spiro atoms. The van der Waals surface area contributed by atoms with E-state index in [1.54, 1.807) is 0 Å². The Labute approximate surface area is 126 Å². The van der Waals surface area contributed by atoms with Crippen LogP contribution in [0.5, 0.6) is 0 Å². The van der Waals surface area contributed by atoms with Crippen LogP contribution in [0.25, 0.3) is 0 Å². The van der Waals surface area contributed by atoms with Crippen LogP contribution in [-0.4, -0.2) is 25.0 Å². The fourth-order valence-electron chi connectivity index (χ4n) is 1.88. The number of methoxy groups -OCH3 is 1. The molecule has 4 heteroatoms. The molecule has 1 N–H and O–H groups in total. The minimum absolute atomic E-state index is 0.165. The number of hydrogen-bond acceptors (Lipinski definition) is 3. The molecule has 21 heavy (non-hydrogen) atoms. The Morgan fingerprint density at radius 1 is 1.19 bits per heavy atom. The van der Waals surface area contributed by atoms with Gasteiger partial charge in [-0.2, -0.15) is 0 Å². The van der Waals surface area contributed by atoms with E-state index in [0.29, 0.717) is 6.42 Å². The van der Waals surface area contributed by atoms with Crippen molar-refractivity contribution in [2.75, 3.05) is 7.11 Å². The van der Waals surface area contributed by atoms with Crippen molar-refractivity contribution in [3.05, 3.63) is 34.9 Å². The van der Waals surface area contributed by atoms with E-state index in [1.807, 2.05) is 52.8 Å². The number of hydrogen-bond donors (Lipinski definition) is 1. The van der Waals surface area contributed by atoms with Crippen LogP contribution in [0.1, 0.15) is 37.5 Å². The Bertz CT molecular complexity index is 529. The molecule has 0 aliphatic carbocycles. The van der Waals surface area contributed by atoms with Crippen LogP contribution in [0.15, 0.2) is 18.2 Å². The third kappa shape index (κ3) is 4.88. The molecule has 0 aliphatic rings. The Balaban J connectivity index is 2.91. The summed E-state index contributed by atoms with van der Waals surface area (Å²) in [5, 5.41) is 2.78. The predicted molar refractivity (Wildman–Crippen MR) is 83.0 cm³/mol. The molecule has 0 aromatic heterocycles. The molecule has 0 unspecified atom stereocenters. The largest absolute Gasteiger partial charge is 0.467 e. The Morgan fingerprint density at radius 2 is 1.81 bits per heavy atom. The van der Waals surface area contributed by atoms with Crippen molar-refractivity contribution >= 4 is 11.9 Å². The summed E-state index contributed by atoms with van der Waals surface area (Å²) in [4.78, 5) is 24.0. The second kappa shape index (κ2) is 6.74. The first kappa shape index (κ1) is 17.2. The summed E-state index contributed by atoms with van der Waals surface area (Å²) in [7, 11) is 1.33. The monoisotopic (exact) mass is 291 g/mol. The number of esters is 1. The van der Waals surface area contributed by atoms with Crippen LogP contribution in [-0.2, 0) is 20.7 Å². The van der Waals surface area contributed by atoms with Crippen LogP contribution in [0, 0.1) is 19.3 Å². The molecular formula is C17H25NO3. The average molecular weight is 291 g/mol. The van der Waals surface area contributed by atoms with Gasteiger partial charge in [-0.15, -0.1) is 0 Å². The summed E-state index contributed by atoms with van der Waals surface area (Å²) < 4.78 is 4.80. The van der Waals surface area contributed by atoms with Gasteiger partial charge in [-0.25, -0.2) is 4.79 Å². The molecule has 0 saturated carbocycles. The third-order valence-corrected chi connectivity index (χ3v) is 3.48. The van der Waals surface area contributed by atoms with Gasteiger partial charge in [0.25, 0.3) is 0 Å². The molecule has 1 aromatic rings. The fraction of sp³-hybridized carbons (Fsp3) is 0.529. The highest BCUT2D eigenvalue weighted by Crippen LogP contribution is 2.15. The number of nitrogens with one attached hydrogen (secondary N) is 1. The summed E-state index contributed by atoms with van der Waals surface area (Å²) in [6.07, 6.45) is 0.426. The highest BCUT2D eigenvalue weighted by atomic mass is 16.5. The Hall–Kier alpha value is -1.84. The molecule has 116 valence electrons. The zero-order valence-corrected chi connectivity index (χ0v) is 13.7. The molecule has 1 aromatic carbocycles. The van der Waals surface area contributed by atoms with E-state index in [9.17, 15) is 9.59 Å². The summed E-state index contributed by atoms with van der Waals surface area (Å²) in [6, 6.07) is 5.37. The summed E-state index contributed by atoms with van der Waals surface area (Å²) in [5.41, 5.74) is 2.82. The van der Waals surface area contributed by atoms with E-state index in [2.05, 4.69) is 5.32 Å². The van der Waals surface area contributed by atoms with Crippen molar-refractivity contribution in [1.82, 2.24) is 5.32 Å². The van der Waals surface area contributed by atoms with Crippen LogP contribution >= 0.6 is 0 Å². The van der Waals surface area contributed by atoms with Gasteiger partial charge in [0.15, 0.2) is 0 Å². The fourth-order valence-corrected chi connectivity index (χ4v) is 1.88. The molecule has 4 nitrogen and oxygen atoms in total. The van der Waals surface area contributed by atoms with Crippen molar-refractivity contribution in [1.29, 1.82) is 0 Å². The molecule has 1 amide bonds. The van der Waals surface area contributed by atoms with E-state index in [4.69, 9.17) is 4.74 Å². The normalized spacial score (nSPS) is 12.7. The van der Waals surface area contributed by atoms with Gasteiger partial charge in [-0.05, 0) is 30.5 Å². The van der Waals surface area contributed by atoms with Gasteiger partial charge in [-0.1, -0.05) is 39.0 Å². The summed E-state index contributed by atoms with van der Waals surface area (Å²) >= 11 is 0.